The summed E-state index contributed by atoms with van der Waals surface area (Å²) in [6, 6.07) is 24.8. The molecule has 3 aromatic heterocycles. The van der Waals surface area contributed by atoms with Crippen molar-refractivity contribution in [2.24, 2.45) is 0 Å². The number of carbonyl (C=O) groups is 1. The van der Waals surface area contributed by atoms with Crippen LogP contribution in [-0.2, 0) is 4.79 Å². The van der Waals surface area contributed by atoms with Crippen molar-refractivity contribution >= 4 is 54.8 Å². The predicted molar refractivity (Wildman–Crippen MR) is 146 cm³/mol. The molecule has 0 spiro atoms. The SMILES string of the molecule is CC(=O)Oc1c(C)cc2ccc3ccc4cc(C)c5o[n+]6ccccc6c5c4c3c2c1-c1ccccn1. The quantitative estimate of drug-likeness (QED) is 0.113. The highest BCUT2D eigenvalue weighted by atomic mass is 16.5. The lowest BCUT2D eigenvalue weighted by Gasteiger charge is -2.18. The van der Waals surface area contributed by atoms with Crippen molar-refractivity contribution in [3.8, 4) is 17.0 Å². The van der Waals surface area contributed by atoms with E-state index in [9.17, 15) is 4.79 Å². The molecule has 0 radical (unpaired) electrons. The van der Waals surface area contributed by atoms with Gasteiger partial charge in [0.25, 0.3) is 5.52 Å². The zero-order valence-electron chi connectivity index (χ0n) is 20.7. The summed E-state index contributed by atoms with van der Waals surface area (Å²) < 4.78 is 14.0. The van der Waals surface area contributed by atoms with E-state index >= 15 is 0 Å². The number of nitrogens with zero attached hydrogens (tertiary/aromatic N) is 2. The highest BCUT2D eigenvalue weighted by Crippen LogP contribution is 2.46. The molecule has 7 aromatic rings. The van der Waals surface area contributed by atoms with E-state index in [0.717, 1.165) is 71.2 Å². The fourth-order valence-corrected chi connectivity index (χ4v) is 5.64. The molecule has 0 aliphatic rings. The zero-order chi connectivity index (χ0) is 25.3. The van der Waals surface area contributed by atoms with Crippen LogP contribution in [0.1, 0.15) is 18.1 Å². The average Bonchev–Trinajstić information content (AvgIpc) is 3.29. The maximum Gasteiger partial charge on any atom is 0.308 e. The van der Waals surface area contributed by atoms with Crippen LogP contribution in [0, 0.1) is 13.8 Å². The smallest absolute Gasteiger partial charge is 0.308 e. The summed E-state index contributed by atoms with van der Waals surface area (Å²) in [5.41, 5.74) is 5.39. The number of fused-ring (bicyclic) bond motifs is 9. The number of esters is 1. The second kappa shape index (κ2) is 7.87. The second-order valence-electron chi connectivity index (χ2n) is 9.53. The number of aromatic nitrogens is 2. The van der Waals surface area contributed by atoms with Crippen LogP contribution < -0.4 is 9.31 Å². The number of carbonyl (C=O) groups excluding carboxylic acids is 1. The van der Waals surface area contributed by atoms with E-state index in [4.69, 9.17) is 14.2 Å². The predicted octanol–water partition coefficient (Wildman–Crippen LogP) is 7.24. The van der Waals surface area contributed by atoms with Gasteiger partial charge in [-0.1, -0.05) is 30.3 Å². The van der Waals surface area contributed by atoms with Gasteiger partial charge in [0.05, 0.1) is 11.3 Å². The molecule has 7 rings (SSSR count). The Bertz CT molecular complexity index is 2050. The maximum absolute atomic E-state index is 12.2. The van der Waals surface area contributed by atoms with Gasteiger partial charge in [0.2, 0.25) is 11.8 Å². The average molecular weight is 484 g/mol. The Kier molecular flexibility index (Phi) is 4.57. The van der Waals surface area contributed by atoms with Crippen LogP contribution >= 0.6 is 0 Å². The Morgan fingerprint density at radius 2 is 1.51 bits per heavy atom. The molecule has 0 amide bonds. The van der Waals surface area contributed by atoms with Gasteiger partial charge in [0, 0.05) is 46.2 Å². The first kappa shape index (κ1) is 21.5. The van der Waals surface area contributed by atoms with Gasteiger partial charge in [-0.05, 0) is 71.3 Å². The van der Waals surface area contributed by atoms with Gasteiger partial charge in [-0.25, -0.2) is 4.52 Å². The van der Waals surface area contributed by atoms with Crippen LogP contribution in [0.15, 0.2) is 89.7 Å². The number of aryl methyl sites for hydroxylation is 2. The molecular formula is C32H23N2O3+. The Labute approximate surface area is 212 Å². The van der Waals surface area contributed by atoms with E-state index in [1.54, 1.807) is 6.20 Å². The molecular weight excluding hydrogens is 460 g/mol. The molecule has 4 aromatic carbocycles. The minimum atomic E-state index is -0.361. The number of ether oxygens (including phenoxy) is 1. The third-order valence-corrected chi connectivity index (χ3v) is 7.10. The van der Waals surface area contributed by atoms with Crippen LogP contribution in [-0.4, -0.2) is 11.0 Å². The fourth-order valence-electron chi connectivity index (χ4n) is 5.64. The van der Waals surface area contributed by atoms with Gasteiger partial charge in [-0.15, -0.1) is 0 Å². The topological polar surface area (TPSA) is 56.4 Å². The van der Waals surface area contributed by atoms with Crippen molar-refractivity contribution in [1.29, 1.82) is 0 Å². The molecule has 178 valence electrons. The van der Waals surface area contributed by atoms with Crippen LogP contribution in [0.2, 0.25) is 0 Å². The molecule has 5 nitrogen and oxygen atoms in total. The number of benzene rings is 4. The first-order valence-electron chi connectivity index (χ1n) is 12.3. The van der Waals surface area contributed by atoms with Crippen molar-refractivity contribution in [2.75, 3.05) is 0 Å². The van der Waals surface area contributed by atoms with Gasteiger partial charge >= 0.3 is 5.97 Å². The monoisotopic (exact) mass is 483 g/mol. The summed E-state index contributed by atoms with van der Waals surface area (Å²) in [6.07, 6.45) is 3.71. The number of rotatable bonds is 2. The minimum absolute atomic E-state index is 0.361. The molecule has 3 heterocycles. The number of pyridine rings is 2. The normalized spacial score (nSPS) is 11.8. The second-order valence-corrected chi connectivity index (χ2v) is 9.53. The van der Waals surface area contributed by atoms with E-state index in [2.05, 4.69) is 49.4 Å². The van der Waals surface area contributed by atoms with Crippen molar-refractivity contribution in [1.82, 2.24) is 4.98 Å². The van der Waals surface area contributed by atoms with Crippen LogP contribution in [0.5, 0.6) is 5.75 Å². The third kappa shape index (κ3) is 3.14. The molecule has 0 aliphatic heterocycles. The summed E-state index contributed by atoms with van der Waals surface area (Å²) >= 11 is 0. The molecule has 37 heavy (non-hydrogen) atoms. The lowest BCUT2D eigenvalue weighted by molar-refractivity contribution is -0.712. The first-order chi connectivity index (χ1) is 18.0. The van der Waals surface area contributed by atoms with E-state index in [-0.39, 0.29) is 5.97 Å². The Hall–Kier alpha value is -4.77. The van der Waals surface area contributed by atoms with E-state index in [1.165, 1.54) is 6.92 Å². The van der Waals surface area contributed by atoms with Gasteiger partial charge < -0.3 is 4.74 Å². The summed E-state index contributed by atoms with van der Waals surface area (Å²) in [6.45, 7) is 5.49. The highest BCUT2D eigenvalue weighted by Gasteiger charge is 2.24. The molecule has 0 saturated heterocycles. The Balaban J connectivity index is 1.82. The molecule has 0 saturated carbocycles. The lowest BCUT2D eigenvalue weighted by atomic mass is 9.88. The summed E-state index contributed by atoms with van der Waals surface area (Å²) in [5, 5.41) is 7.54. The number of hydrogen-bond acceptors (Lipinski definition) is 4. The minimum Gasteiger partial charge on any atom is -0.426 e. The van der Waals surface area contributed by atoms with Crippen LogP contribution in [0.25, 0.3) is 60.1 Å². The van der Waals surface area contributed by atoms with Crippen molar-refractivity contribution in [2.45, 2.75) is 20.8 Å². The first-order valence-corrected chi connectivity index (χ1v) is 12.3. The van der Waals surface area contributed by atoms with Gasteiger partial charge in [-0.2, -0.15) is 0 Å². The maximum atomic E-state index is 12.2. The lowest BCUT2D eigenvalue weighted by Crippen LogP contribution is -2.15. The zero-order valence-corrected chi connectivity index (χ0v) is 20.7. The Morgan fingerprint density at radius 1 is 0.811 bits per heavy atom. The molecule has 0 atom stereocenters. The van der Waals surface area contributed by atoms with E-state index in [1.807, 2.05) is 48.0 Å². The van der Waals surface area contributed by atoms with E-state index in [0.29, 0.717) is 5.75 Å². The fraction of sp³-hybridized carbons (Fsp3) is 0.0938. The standard InChI is InChI=1S/C32H23N2O3/c1-18-16-22-12-10-21-11-13-23-17-19(2)32-30(25-9-5-7-15-34(25)37-32)28(23)26(21)27(22)29(31(18)36-20(3)35)24-8-4-6-14-33-24/h4-17H,1-3H3/q+1. The Morgan fingerprint density at radius 3 is 2.27 bits per heavy atom. The van der Waals surface area contributed by atoms with Crippen molar-refractivity contribution in [3.63, 3.8) is 0 Å². The molecule has 0 bridgehead atoms. The van der Waals surface area contributed by atoms with Crippen molar-refractivity contribution in [3.05, 3.63) is 96.3 Å². The summed E-state index contributed by atoms with van der Waals surface area (Å²) in [5.74, 6) is 0.179. The summed E-state index contributed by atoms with van der Waals surface area (Å²) in [7, 11) is 0. The van der Waals surface area contributed by atoms with Crippen LogP contribution in [0.4, 0.5) is 0 Å². The summed E-state index contributed by atoms with van der Waals surface area (Å²) in [4.78, 5) is 16.9. The highest BCUT2D eigenvalue weighted by molar-refractivity contribution is 6.32. The number of hydrogen-bond donors (Lipinski definition) is 0. The van der Waals surface area contributed by atoms with Crippen LogP contribution in [0.3, 0.4) is 0 Å². The third-order valence-electron chi connectivity index (χ3n) is 7.10. The van der Waals surface area contributed by atoms with Gasteiger partial charge in [0.15, 0.2) is 0 Å². The molecule has 5 heteroatoms. The van der Waals surface area contributed by atoms with Gasteiger partial charge in [0.1, 0.15) is 11.1 Å². The van der Waals surface area contributed by atoms with E-state index < -0.39 is 0 Å². The van der Waals surface area contributed by atoms with Crippen molar-refractivity contribution < 1.29 is 18.6 Å². The molecule has 0 N–H and O–H groups in total. The largest absolute Gasteiger partial charge is 0.426 e. The molecule has 0 unspecified atom stereocenters. The molecule has 0 fully saturated rings. The molecule has 0 aliphatic carbocycles. The van der Waals surface area contributed by atoms with Gasteiger partial charge in [-0.3, -0.25) is 9.78 Å².